The van der Waals surface area contributed by atoms with E-state index in [0.29, 0.717) is 0 Å². The molecule has 0 heterocycles. The first-order valence-corrected chi connectivity index (χ1v) is 7.10. The first-order chi connectivity index (χ1) is 8.84. The summed E-state index contributed by atoms with van der Waals surface area (Å²) >= 11 is 3.48. The second-order valence-corrected chi connectivity index (χ2v) is 5.25. The fourth-order valence-corrected chi connectivity index (χ4v) is 2.32. The number of hydrogen-bond acceptors (Lipinski definition) is 0. The maximum atomic E-state index is 3.48. The van der Waals surface area contributed by atoms with Crippen molar-refractivity contribution < 1.29 is 0 Å². The zero-order valence-corrected chi connectivity index (χ0v) is 11.9. The van der Waals surface area contributed by atoms with Crippen LogP contribution in [0.2, 0.25) is 0 Å². The minimum absolute atomic E-state index is 1.13. The van der Waals surface area contributed by atoms with Gasteiger partial charge >= 0.3 is 0 Å². The summed E-state index contributed by atoms with van der Waals surface area (Å²) in [6, 6.07) is 19.0. The van der Waals surface area contributed by atoms with E-state index in [-0.39, 0.29) is 0 Å². The van der Waals surface area contributed by atoms with Gasteiger partial charge in [0.15, 0.2) is 0 Å². The molecule has 0 radical (unpaired) electrons. The maximum absolute atomic E-state index is 3.48. The summed E-state index contributed by atoms with van der Waals surface area (Å²) < 4.78 is 1.13. The van der Waals surface area contributed by atoms with E-state index in [2.05, 4.69) is 76.6 Å². The van der Waals surface area contributed by atoms with Crippen molar-refractivity contribution in [2.75, 3.05) is 0 Å². The highest BCUT2D eigenvalue weighted by Crippen LogP contribution is 2.13. The van der Waals surface area contributed by atoms with Crippen molar-refractivity contribution in [3.05, 3.63) is 76.3 Å². The molecule has 92 valence electrons. The summed E-state index contributed by atoms with van der Waals surface area (Å²) in [5.74, 6) is 0. The van der Waals surface area contributed by atoms with E-state index >= 15 is 0 Å². The highest BCUT2D eigenvalue weighted by Gasteiger charge is 1.91. The van der Waals surface area contributed by atoms with Crippen molar-refractivity contribution in [1.29, 1.82) is 0 Å². The van der Waals surface area contributed by atoms with Crippen molar-refractivity contribution in [2.24, 2.45) is 0 Å². The van der Waals surface area contributed by atoms with Gasteiger partial charge in [-0.2, -0.15) is 0 Å². The van der Waals surface area contributed by atoms with Crippen LogP contribution in [-0.4, -0.2) is 0 Å². The van der Waals surface area contributed by atoms with Crippen molar-refractivity contribution in [3.8, 4) is 0 Å². The van der Waals surface area contributed by atoms with Crippen molar-refractivity contribution >= 4 is 22.0 Å². The molecule has 0 saturated heterocycles. The SMILES string of the molecule is Brc1cccc(C=CCCCc2ccccc2)c1. The monoisotopic (exact) mass is 300 g/mol. The van der Waals surface area contributed by atoms with E-state index in [0.717, 1.165) is 17.3 Å². The standard InChI is InChI=1S/C17H17Br/c18-17-13-7-12-16(14-17)11-6-2-5-10-15-8-3-1-4-9-15/h1,3-4,6-9,11-14H,2,5,10H2. The number of allylic oxidation sites excluding steroid dienone is 1. The number of rotatable bonds is 5. The molecule has 2 aromatic rings. The van der Waals surface area contributed by atoms with Gasteiger partial charge in [0, 0.05) is 4.47 Å². The summed E-state index contributed by atoms with van der Waals surface area (Å²) in [6.07, 6.45) is 7.93. The van der Waals surface area contributed by atoms with E-state index in [9.17, 15) is 0 Å². The van der Waals surface area contributed by atoms with Gasteiger partial charge < -0.3 is 0 Å². The molecule has 0 N–H and O–H groups in total. The number of halogens is 1. The maximum Gasteiger partial charge on any atom is 0.0181 e. The Kier molecular flexibility index (Phi) is 5.22. The smallest absolute Gasteiger partial charge is 0.0181 e. The van der Waals surface area contributed by atoms with E-state index < -0.39 is 0 Å². The quantitative estimate of drug-likeness (QED) is 0.641. The van der Waals surface area contributed by atoms with Crippen LogP contribution >= 0.6 is 15.9 Å². The Morgan fingerprint density at radius 3 is 2.56 bits per heavy atom. The molecule has 0 atom stereocenters. The minimum Gasteiger partial charge on any atom is -0.0839 e. The Hall–Kier alpha value is -1.34. The van der Waals surface area contributed by atoms with Gasteiger partial charge in [-0.25, -0.2) is 0 Å². The van der Waals surface area contributed by atoms with Crippen molar-refractivity contribution in [1.82, 2.24) is 0 Å². The van der Waals surface area contributed by atoms with Gasteiger partial charge in [0.1, 0.15) is 0 Å². The fraction of sp³-hybridized carbons (Fsp3) is 0.176. The van der Waals surface area contributed by atoms with E-state index in [1.54, 1.807) is 0 Å². The van der Waals surface area contributed by atoms with E-state index in [1.165, 1.54) is 17.5 Å². The average molecular weight is 301 g/mol. The summed E-state index contributed by atoms with van der Waals surface area (Å²) in [5.41, 5.74) is 2.68. The molecule has 0 aliphatic heterocycles. The van der Waals surface area contributed by atoms with Crippen LogP contribution in [0, 0.1) is 0 Å². The lowest BCUT2D eigenvalue weighted by Gasteiger charge is -1.98. The predicted octanol–water partition coefficient (Wildman–Crippen LogP) is 5.49. The number of benzene rings is 2. The molecule has 1 heteroatoms. The van der Waals surface area contributed by atoms with Crippen LogP contribution in [-0.2, 0) is 6.42 Å². The summed E-state index contributed by atoms with van der Waals surface area (Å²) in [7, 11) is 0. The third kappa shape index (κ3) is 4.50. The van der Waals surface area contributed by atoms with E-state index in [1.807, 2.05) is 6.07 Å². The third-order valence-corrected chi connectivity index (χ3v) is 3.33. The molecule has 0 amide bonds. The largest absolute Gasteiger partial charge is 0.0839 e. The molecule has 0 aromatic heterocycles. The molecule has 0 saturated carbocycles. The van der Waals surface area contributed by atoms with Crippen molar-refractivity contribution in [3.63, 3.8) is 0 Å². The van der Waals surface area contributed by atoms with Crippen LogP contribution in [0.1, 0.15) is 24.0 Å². The first-order valence-electron chi connectivity index (χ1n) is 6.30. The molecule has 0 unspecified atom stereocenters. The molecule has 0 aliphatic carbocycles. The van der Waals surface area contributed by atoms with E-state index in [4.69, 9.17) is 0 Å². The summed E-state index contributed by atoms with van der Waals surface area (Å²) in [5, 5.41) is 0. The lowest BCUT2D eigenvalue weighted by Crippen LogP contribution is -1.82. The average Bonchev–Trinajstić information content (AvgIpc) is 2.40. The molecule has 2 aromatic carbocycles. The Morgan fingerprint density at radius 2 is 1.78 bits per heavy atom. The summed E-state index contributed by atoms with van der Waals surface area (Å²) in [6.45, 7) is 0. The number of unbranched alkanes of at least 4 members (excludes halogenated alkanes) is 1. The van der Waals surface area contributed by atoms with Crippen LogP contribution in [0.3, 0.4) is 0 Å². The van der Waals surface area contributed by atoms with Gasteiger partial charge in [0.25, 0.3) is 0 Å². The van der Waals surface area contributed by atoms with Gasteiger partial charge in [0.2, 0.25) is 0 Å². The number of hydrogen-bond donors (Lipinski definition) is 0. The molecule has 0 fully saturated rings. The molecule has 0 bridgehead atoms. The molecule has 0 aliphatic rings. The Labute approximate surface area is 117 Å². The van der Waals surface area contributed by atoms with Gasteiger partial charge in [-0.05, 0) is 42.5 Å². The Balaban J connectivity index is 1.75. The van der Waals surface area contributed by atoms with Crippen LogP contribution in [0.4, 0.5) is 0 Å². The first kappa shape index (κ1) is 13.1. The van der Waals surface area contributed by atoms with Gasteiger partial charge in [-0.1, -0.05) is 70.5 Å². The minimum atomic E-state index is 1.13. The molecule has 0 nitrogen and oxygen atoms in total. The second-order valence-electron chi connectivity index (χ2n) is 4.34. The topological polar surface area (TPSA) is 0 Å². The Bertz CT molecular complexity index is 500. The van der Waals surface area contributed by atoms with Gasteiger partial charge in [0.05, 0.1) is 0 Å². The lowest BCUT2D eigenvalue weighted by atomic mass is 10.1. The predicted molar refractivity (Wildman–Crippen MR) is 82.6 cm³/mol. The van der Waals surface area contributed by atoms with Gasteiger partial charge in [-0.15, -0.1) is 0 Å². The summed E-state index contributed by atoms with van der Waals surface area (Å²) in [4.78, 5) is 0. The number of aryl methyl sites for hydroxylation is 1. The molecule has 0 spiro atoms. The lowest BCUT2D eigenvalue weighted by molar-refractivity contribution is 0.845. The highest BCUT2D eigenvalue weighted by molar-refractivity contribution is 9.10. The van der Waals surface area contributed by atoms with Crippen LogP contribution in [0.15, 0.2) is 65.1 Å². The van der Waals surface area contributed by atoms with Crippen LogP contribution in [0.5, 0.6) is 0 Å². The second kappa shape index (κ2) is 7.17. The molecule has 2 rings (SSSR count). The zero-order chi connectivity index (χ0) is 12.6. The molecular formula is C17H17Br. The fourth-order valence-electron chi connectivity index (χ4n) is 1.90. The third-order valence-electron chi connectivity index (χ3n) is 2.84. The molecular weight excluding hydrogens is 284 g/mol. The Morgan fingerprint density at radius 1 is 0.944 bits per heavy atom. The van der Waals surface area contributed by atoms with Crippen LogP contribution in [0.25, 0.3) is 6.08 Å². The normalized spacial score (nSPS) is 10.9. The van der Waals surface area contributed by atoms with Crippen molar-refractivity contribution in [2.45, 2.75) is 19.3 Å². The molecule has 18 heavy (non-hydrogen) atoms. The van der Waals surface area contributed by atoms with Crippen LogP contribution < -0.4 is 0 Å². The van der Waals surface area contributed by atoms with Gasteiger partial charge in [-0.3, -0.25) is 0 Å². The zero-order valence-electron chi connectivity index (χ0n) is 10.4. The highest BCUT2D eigenvalue weighted by atomic mass is 79.9.